The second-order valence-corrected chi connectivity index (χ2v) is 5.86. The molecule has 2 aliphatic rings. The van der Waals surface area contributed by atoms with Gasteiger partial charge in [0.25, 0.3) is 0 Å². The highest BCUT2D eigenvalue weighted by Gasteiger charge is 2.44. The van der Waals surface area contributed by atoms with Crippen LogP contribution >= 0.6 is 0 Å². The molecule has 1 aromatic rings. The highest BCUT2D eigenvalue weighted by molar-refractivity contribution is 5.15. The monoisotopic (exact) mass is 231 g/mol. The molecule has 1 saturated carbocycles. The van der Waals surface area contributed by atoms with Gasteiger partial charge in [-0.1, -0.05) is 30.3 Å². The first-order valence-electron chi connectivity index (χ1n) is 6.70. The zero-order chi connectivity index (χ0) is 11.7. The first-order valence-corrected chi connectivity index (χ1v) is 6.70. The molecule has 2 heteroatoms. The van der Waals surface area contributed by atoms with Crippen LogP contribution in [0.5, 0.6) is 0 Å². The van der Waals surface area contributed by atoms with Gasteiger partial charge in [0.15, 0.2) is 0 Å². The summed E-state index contributed by atoms with van der Waals surface area (Å²) in [6.45, 7) is 3.55. The molecule has 1 N–H and O–H groups in total. The van der Waals surface area contributed by atoms with Crippen LogP contribution in [-0.4, -0.2) is 29.2 Å². The number of hydrogen-bond donors (Lipinski definition) is 1. The molecule has 1 spiro atoms. The standard InChI is InChI=1S/C15H21NO/c17-14-6-8-15(9-7-14)11-16(12-15)10-13-4-2-1-3-5-13/h1-5,14,17H,6-12H2. The molecule has 0 radical (unpaired) electrons. The van der Waals surface area contributed by atoms with E-state index in [9.17, 15) is 5.11 Å². The summed E-state index contributed by atoms with van der Waals surface area (Å²) in [7, 11) is 0. The van der Waals surface area contributed by atoms with Crippen molar-refractivity contribution >= 4 is 0 Å². The molecule has 1 heterocycles. The van der Waals surface area contributed by atoms with Crippen LogP contribution in [0.4, 0.5) is 0 Å². The van der Waals surface area contributed by atoms with Crippen molar-refractivity contribution in [2.24, 2.45) is 5.41 Å². The molecule has 17 heavy (non-hydrogen) atoms. The minimum atomic E-state index is -0.0243. The largest absolute Gasteiger partial charge is 0.393 e. The SMILES string of the molecule is OC1CCC2(CC1)CN(Cc1ccccc1)C2. The van der Waals surface area contributed by atoms with Crippen LogP contribution in [0.25, 0.3) is 0 Å². The Balaban J connectivity index is 1.51. The van der Waals surface area contributed by atoms with E-state index < -0.39 is 0 Å². The Kier molecular flexibility index (Phi) is 2.93. The molecule has 1 aromatic carbocycles. The van der Waals surface area contributed by atoms with Crippen molar-refractivity contribution in [1.29, 1.82) is 0 Å². The highest BCUT2D eigenvalue weighted by atomic mass is 16.3. The van der Waals surface area contributed by atoms with E-state index in [4.69, 9.17) is 0 Å². The summed E-state index contributed by atoms with van der Waals surface area (Å²) in [5.41, 5.74) is 1.96. The van der Waals surface area contributed by atoms with Gasteiger partial charge >= 0.3 is 0 Å². The third-order valence-electron chi connectivity index (χ3n) is 4.38. The number of likely N-dealkylation sites (tertiary alicyclic amines) is 1. The Bertz CT molecular complexity index is 360. The van der Waals surface area contributed by atoms with Gasteiger partial charge < -0.3 is 5.11 Å². The smallest absolute Gasteiger partial charge is 0.0540 e. The summed E-state index contributed by atoms with van der Waals surface area (Å²) in [6, 6.07) is 10.7. The minimum absolute atomic E-state index is 0.0243. The predicted molar refractivity (Wildman–Crippen MR) is 68.6 cm³/mol. The molecular weight excluding hydrogens is 210 g/mol. The maximum Gasteiger partial charge on any atom is 0.0540 e. The molecule has 0 aromatic heterocycles. The quantitative estimate of drug-likeness (QED) is 0.845. The molecule has 0 amide bonds. The second kappa shape index (κ2) is 4.43. The minimum Gasteiger partial charge on any atom is -0.393 e. The van der Waals surface area contributed by atoms with Crippen LogP contribution in [0.3, 0.4) is 0 Å². The van der Waals surface area contributed by atoms with Crippen LogP contribution < -0.4 is 0 Å². The summed E-state index contributed by atoms with van der Waals surface area (Å²) in [6.07, 6.45) is 4.45. The number of aliphatic hydroxyl groups excluding tert-OH is 1. The van der Waals surface area contributed by atoms with Gasteiger partial charge in [0, 0.05) is 19.6 Å². The molecule has 0 unspecified atom stereocenters. The number of aliphatic hydroxyl groups is 1. The maximum atomic E-state index is 9.55. The maximum absolute atomic E-state index is 9.55. The van der Waals surface area contributed by atoms with E-state index in [0.717, 1.165) is 19.4 Å². The Morgan fingerprint density at radius 2 is 1.76 bits per heavy atom. The molecule has 2 nitrogen and oxygen atoms in total. The van der Waals surface area contributed by atoms with Crippen LogP contribution in [-0.2, 0) is 6.54 Å². The highest BCUT2D eigenvalue weighted by Crippen LogP contribution is 2.44. The summed E-state index contributed by atoms with van der Waals surface area (Å²) >= 11 is 0. The van der Waals surface area contributed by atoms with E-state index in [0.29, 0.717) is 5.41 Å². The van der Waals surface area contributed by atoms with Gasteiger partial charge in [-0.3, -0.25) is 4.90 Å². The van der Waals surface area contributed by atoms with E-state index in [1.165, 1.54) is 31.5 Å². The first kappa shape index (κ1) is 11.2. The molecule has 0 atom stereocenters. The predicted octanol–water partition coefficient (Wildman–Crippen LogP) is 2.42. The van der Waals surface area contributed by atoms with E-state index in [2.05, 4.69) is 35.2 Å². The number of nitrogens with zero attached hydrogens (tertiary/aromatic N) is 1. The van der Waals surface area contributed by atoms with Gasteiger partial charge in [0.2, 0.25) is 0 Å². The first-order chi connectivity index (χ1) is 8.26. The van der Waals surface area contributed by atoms with Crippen molar-refractivity contribution in [3.05, 3.63) is 35.9 Å². The summed E-state index contributed by atoms with van der Waals surface area (Å²) in [5.74, 6) is 0. The van der Waals surface area contributed by atoms with Crippen molar-refractivity contribution in [2.75, 3.05) is 13.1 Å². The molecule has 1 saturated heterocycles. The third-order valence-corrected chi connectivity index (χ3v) is 4.38. The molecule has 1 aliphatic heterocycles. The van der Waals surface area contributed by atoms with Gasteiger partial charge in [-0.15, -0.1) is 0 Å². The fraction of sp³-hybridized carbons (Fsp3) is 0.600. The normalized spacial score (nSPS) is 24.8. The van der Waals surface area contributed by atoms with E-state index in [1.807, 2.05) is 0 Å². The van der Waals surface area contributed by atoms with Crippen LogP contribution in [0.1, 0.15) is 31.2 Å². The average molecular weight is 231 g/mol. The zero-order valence-corrected chi connectivity index (χ0v) is 10.3. The topological polar surface area (TPSA) is 23.5 Å². The van der Waals surface area contributed by atoms with Crippen molar-refractivity contribution in [3.8, 4) is 0 Å². The van der Waals surface area contributed by atoms with Crippen LogP contribution in [0.15, 0.2) is 30.3 Å². The summed E-state index contributed by atoms with van der Waals surface area (Å²) in [5, 5.41) is 9.55. The van der Waals surface area contributed by atoms with Crippen molar-refractivity contribution < 1.29 is 5.11 Å². The Morgan fingerprint density at radius 1 is 1.12 bits per heavy atom. The zero-order valence-electron chi connectivity index (χ0n) is 10.3. The molecule has 1 aliphatic carbocycles. The summed E-state index contributed by atoms with van der Waals surface area (Å²) < 4.78 is 0. The van der Waals surface area contributed by atoms with Gasteiger partial charge in [-0.2, -0.15) is 0 Å². The number of rotatable bonds is 2. The lowest BCUT2D eigenvalue weighted by Crippen LogP contribution is -2.57. The van der Waals surface area contributed by atoms with E-state index in [-0.39, 0.29) is 6.10 Å². The molecule has 0 bridgehead atoms. The van der Waals surface area contributed by atoms with E-state index >= 15 is 0 Å². The Hall–Kier alpha value is -0.860. The Labute approximate surface area is 103 Å². The lowest BCUT2D eigenvalue weighted by atomic mass is 9.68. The Morgan fingerprint density at radius 3 is 2.41 bits per heavy atom. The third kappa shape index (κ3) is 2.38. The molecular formula is C15H21NO. The van der Waals surface area contributed by atoms with Gasteiger partial charge in [0.1, 0.15) is 0 Å². The second-order valence-electron chi connectivity index (χ2n) is 5.86. The van der Waals surface area contributed by atoms with Gasteiger partial charge in [-0.05, 0) is 36.7 Å². The molecule has 3 rings (SSSR count). The fourth-order valence-corrected chi connectivity index (χ4v) is 3.39. The van der Waals surface area contributed by atoms with Crippen LogP contribution in [0.2, 0.25) is 0 Å². The lowest BCUT2D eigenvalue weighted by molar-refractivity contribution is -0.0578. The van der Waals surface area contributed by atoms with Crippen molar-refractivity contribution in [2.45, 2.75) is 38.3 Å². The fourth-order valence-electron chi connectivity index (χ4n) is 3.39. The van der Waals surface area contributed by atoms with Crippen molar-refractivity contribution in [1.82, 2.24) is 4.90 Å². The van der Waals surface area contributed by atoms with Crippen molar-refractivity contribution in [3.63, 3.8) is 0 Å². The number of hydrogen-bond acceptors (Lipinski definition) is 2. The van der Waals surface area contributed by atoms with Crippen LogP contribution in [0, 0.1) is 5.41 Å². The number of benzene rings is 1. The molecule has 2 fully saturated rings. The van der Waals surface area contributed by atoms with E-state index in [1.54, 1.807) is 0 Å². The molecule has 92 valence electrons. The summed E-state index contributed by atoms with van der Waals surface area (Å²) in [4.78, 5) is 2.53. The lowest BCUT2D eigenvalue weighted by Gasteiger charge is -2.53. The average Bonchev–Trinajstić information content (AvgIpc) is 2.31. The van der Waals surface area contributed by atoms with Gasteiger partial charge in [0.05, 0.1) is 6.10 Å². The van der Waals surface area contributed by atoms with Gasteiger partial charge in [-0.25, -0.2) is 0 Å².